The monoisotopic (exact) mass is 307 g/mol. The molecule has 0 bridgehead atoms. The molecule has 116 valence electrons. The van der Waals surface area contributed by atoms with Crippen molar-refractivity contribution >= 4 is 11.9 Å². The fraction of sp³-hybridized carbons (Fsp3) is 0.800. The summed E-state index contributed by atoms with van der Waals surface area (Å²) in [5, 5.41) is 0. The van der Waals surface area contributed by atoms with Gasteiger partial charge in [0.2, 0.25) is 0 Å². The van der Waals surface area contributed by atoms with Gasteiger partial charge in [0.05, 0.1) is 5.92 Å². The molecule has 1 amide bonds. The quantitative estimate of drug-likeness (QED) is 0.578. The molecule has 1 aliphatic heterocycles. The lowest BCUT2D eigenvalue weighted by Crippen LogP contribution is -2.46. The van der Waals surface area contributed by atoms with E-state index >= 15 is 0 Å². The van der Waals surface area contributed by atoms with Crippen LogP contribution < -0.4 is 0 Å². The molecule has 1 unspecified atom stereocenters. The maximum absolute atomic E-state index is 12.5. The molecule has 20 heavy (non-hydrogen) atoms. The number of alkyl halides is 6. The highest BCUT2D eigenvalue weighted by Gasteiger charge is 2.44. The molecule has 0 aromatic heterocycles. The molecule has 0 N–H and O–H groups in total. The second-order valence-electron chi connectivity index (χ2n) is 4.29. The summed E-state index contributed by atoms with van der Waals surface area (Å²) in [5.41, 5.74) is 0. The smallest absolute Gasteiger partial charge is 0.449 e. The number of nitrogens with zero attached hydrogens (tertiary/aromatic N) is 1. The minimum atomic E-state index is -5.24. The van der Waals surface area contributed by atoms with Crippen molar-refractivity contribution in [1.82, 2.24) is 4.90 Å². The third-order valence-electron chi connectivity index (χ3n) is 2.80. The number of amides is 1. The van der Waals surface area contributed by atoms with E-state index in [1.54, 1.807) is 0 Å². The second-order valence-corrected chi connectivity index (χ2v) is 4.29. The Bertz CT molecular complexity index is 378. The van der Waals surface area contributed by atoms with Gasteiger partial charge in [-0.3, -0.25) is 4.79 Å². The van der Waals surface area contributed by atoms with Crippen LogP contribution in [0.5, 0.6) is 0 Å². The van der Waals surface area contributed by atoms with E-state index in [1.807, 2.05) is 0 Å². The molecule has 0 spiro atoms. The molecule has 0 aromatic rings. The van der Waals surface area contributed by atoms with E-state index in [0.29, 0.717) is 0 Å². The van der Waals surface area contributed by atoms with Crippen LogP contribution in [0.25, 0.3) is 0 Å². The minimum absolute atomic E-state index is 0.00498. The average molecular weight is 307 g/mol. The summed E-state index contributed by atoms with van der Waals surface area (Å²) in [4.78, 5) is 22.5. The van der Waals surface area contributed by atoms with Gasteiger partial charge >= 0.3 is 18.3 Å². The molecular formula is C10H11F6NO3. The molecule has 1 fully saturated rings. The van der Waals surface area contributed by atoms with Crippen LogP contribution in [0.1, 0.15) is 12.8 Å². The van der Waals surface area contributed by atoms with Gasteiger partial charge in [0.25, 0.3) is 5.91 Å². The number of halogens is 6. The Morgan fingerprint density at radius 1 is 1.15 bits per heavy atom. The van der Waals surface area contributed by atoms with Gasteiger partial charge in [0.15, 0.2) is 6.61 Å². The Balaban J connectivity index is 2.50. The summed E-state index contributed by atoms with van der Waals surface area (Å²) in [6.45, 7) is -1.86. The topological polar surface area (TPSA) is 46.6 Å². The first-order valence-corrected chi connectivity index (χ1v) is 5.60. The third-order valence-corrected chi connectivity index (χ3v) is 2.80. The first-order valence-electron chi connectivity index (χ1n) is 5.60. The van der Waals surface area contributed by atoms with E-state index in [1.165, 1.54) is 0 Å². The molecular weight excluding hydrogens is 296 g/mol. The van der Waals surface area contributed by atoms with Gasteiger partial charge in [-0.25, -0.2) is 4.79 Å². The predicted octanol–water partition coefficient (Wildman–Crippen LogP) is 1.89. The molecule has 1 atom stereocenters. The summed E-state index contributed by atoms with van der Waals surface area (Å²) in [6.07, 6.45) is -9.77. The molecule has 0 radical (unpaired) electrons. The molecule has 1 saturated heterocycles. The fourth-order valence-corrected chi connectivity index (χ4v) is 1.77. The number of esters is 1. The van der Waals surface area contributed by atoms with Crippen molar-refractivity contribution in [2.75, 3.05) is 19.7 Å². The number of carbonyl (C=O) groups is 2. The Labute approximate surface area is 109 Å². The Morgan fingerprint density at radius 2 is 1.75 bits per heavy atom. The number of carbonyl (C=O) groups excluding carboxylic acids is 2. The minimum Gasteiger partial charge on any atom is -0.449 e. The summed E-state index contributed by atoms with van der Waals surface area (Å²) in [6, 6.07) is 0. The number of ether oxygens (including phenoxy) is 1. The Hall–Kier alpha value is -1.48. The first kappa shape index (κ1) is 16.6. The standard InChI is InChI=1S/C10H11F6NO3/c11-9(12,13)6-2-1-3-17(4-6)7(18)5-20-8(19)10(14,15)16/h6H,1-5H2. The molecule has 1 rings (SSSR count). The first-order chi connectivity index (χ1) is 9.01. The van der Waals surface area contributed by atoms with Crippen LogP contribution in [0.2, 0.25) is 0 Å². The van der Waals surface area contributed by atoms with Gasteiger partial charge in [-0.2, -0.15) is 26.3 Å². The highest BCUT2D eigenvalue weighted by Crippen LogP contribution is 2.33. The van der Waals surface area contributed by atoms with E-state index < -0.39 is 43.3 Å². The summed E-state index contributed by atoms with van der Waals surface area (Å²) < 4.78 is 76.6. The van der Waals surface area contributed by atoms with Crippen molar-refractivity contribution in [3.8, 4) is 0 Å². The number of piperidine rings is 1. The SMILES string of the molecule is O=C(COC(=O)C(F)(F)F)N1CCCC(C(F)(F)F)C1. The zero-order valence-corrected chi connectivity index (χ0v) is 10.1. The maximum atomic E-state index is 12.5. The lowest BCUT2D eigenvalue weighted by molar-refractivity contribution is -0.202. The van der Waals surface area contributed by atoms with Crippen molar-refractivity contribution in [3.63, 3.8) is 0 Å². The lowest BCUT2D eigenvalue weighted by atomic mass is 9.97. The Kier molecular flexibility index (Phi) is 4.87. The Morgan fingerprint density at radius 3 is 2.25 bits per heavy atom. The average Bonchev–Trinajstić information content (AvgIpc) is 2.33. The van der Waals surface area contributed by atoms with Crippen molar-refractivity contribution in [2.45, 2.75) is 25.2 Å². The predicted molar refractivity (Wildman–Crippen MR) is 52.4 cm³/mol. The van der Waals surface area contributed by atoms with Crippen LogP contribution in [-0.4, -0.2) is 48.8 Å². The van der Waals surface area contributed by atoms with Crippen LogP contribution in [-0.2, 0) is 14.3 Å². The molecule has 0 aliphatic carbocycles. The van der Waals surface area contributed by atoms with Crippen LogP contribution in [0.3, 0.4) is 0 Å². The van der Waals surface area contributed by atoms with Gasteiger partial charge in [0.1, 0.15) is 0 Å². The molecule has 0 aromatic carbocycles. The molecule has 1 aliphatic rings. The van der Waals surface area contributed by atoms with Crippen LogP contribution in [0.15, 0.2) is 0 Å². The van der Waals surface area contributed by atoms with Crippen molar-refractivity contribution in [2.24, 2.45) is 5.92 Å². The molecule has 10 heteroatoms. The van der Waals surface area contributed by atoms with Crippen molar-refractivity contribution in [3.05, 3.63) is 0 Å². The van der Waals surface area contributed by atoms with Crippen LogP contribution in [0, 0.1) is 5.92 Å². The van der Waals surface area contributed by atoms with Gasteiger partial charge in [0, 0.05) is 13.1 Å². The number of hydrogen-bond donors (Lipinski definition) is 0. The summed E-state index contributed by atoms with van der Waals surface area (Å²) in [5.74, 6) is -5.33. The summed E-state index contributed by atoms with van der Waals surface area (Å²) >= 11 is 0. The van der Waals surface area contributed by atoms with Crippen molar-refractivity contribution < 1.29 is 40.7 Å². The second kappa shape index (κ2) is 5.88. The lowest BCUT2D eigenvalue weighted by Gasteiger charge is -2.33. The zero-order chi connectivity index (χ0) is 15.6. The molecule has 1 heterocycles. The van der Waals surface area contributed by atoms with E-state index in [9.17, 15) is 35.9 Å². The zero-order valence-electron chi connectivity index (χ0n) is 10.1. The molecule has 4 nitrogen and oxygen atoms in total. The third kappa shape index (κ3) is 4.57. The van der Waals surface area contributed by atoms with E-state index in [-0.39, 0.29) is 19.4 Å². The van der Waals surface area contributed by atoms with E-state index in [2.05, 4.69) is 4.74 Å². The van der Waals surface area contributed by atoms with Gasteiger partial charge in [-0.05, 0) is 12.8 Å². The highest BCUT2D eigenvalue weighted by molar-refractivity contribution is 5.82. The maximum Gasteiger partial charge on any atom is 0.490 e. The molecule has 0 saturated carbocycles. The highest BCUT2D eigenvalue weighted by atomic mass is 19.4. The summed E-state index contributed by atoms with van der Waals surface area (Å²) in [7, 11) is 0. The number of rotatable bonds is 2. The fourth-order valence-electron chi connectivity index (χ4n) is 1.77. The van der Waals surface area contributed by atoms with Gasteiger partial charge in [-0.15, -0.1) is 0 Å². The normalized spacial score (nSPS) is 20.7. The number of likely N-dealkylation sites (tertiary alicyclic amines) is 1. The van der Waals surface area contributed by atoms with Crippen LogP contribution in [0.4, 0.5) is 26.3 Å². The van der Waals surface area contributed by atoms with Crippen molar-refractivity contribution in [1.29, 1.82) is 0 Å². The van der Waals surface area contributed by atoms with E-state index in [4.69, 9.17) is 0 Å². The largest absolute Gasteiger partial charge is 0.490 e. The van der Waals surface area contributed by atoms with E-state index in [0.717, 1.165) is 4.90 Å². The van der Waals surface area contributed by atoms with Gasteiger partial charge < -0.3 is 9.64 Å². The van der Waals surface area contributed by atoms with Gasteiger partial charge in [-0.1, -0.05) is 0 Å². The van der Waals surface area contributed by atoms with Crippen LogP contribution >= 0.6 is 0 Å². The number of hydrogen-bond acceptors (Lipinski definition) is 3.